The molecule has 3 N–H and O–H groups in total. The molecule has 402 valence electrons. The molecule has 6 aromatic rings. The number of fused-ring (bicyclic) bond motifs is 6. The maximum absolute atomic E-state index is 11.5. The summed E-state index contributed by atoms with van der Waals surface area (Å²) < 4.78 is 67.4. The maximum Gasteiger partial charge on any atom is 0.230 e. The molecule has 4 aliphatic rings. The Morgan fingerprint density at radius 1 is 0.743 bits per heavy atom. The van der Waals surface area contributed by atoms with Crippen molar-refractivity contribution in [3.8, 4) is 0 Å². The number of aromatic nitrogens is 7. The van der Waals surface area contributed by atoms with Crippen LogP contribution in [-0.2, 0) is 68.4 Å². The standard InChI is InChI=1S/C27H33N7O2S.C11H15ClN2O2S.C8H9ClN2.C3H6O2S.C2H6O/c1-18-3-6-20(7-4-18)34-24-16-28-11-9-21(24)22-15-29-27(32-26(22)34)31-25-8-5-19-17-33(12-10-23(19)30-25)13-14-37(2,35)36;1-17(15,16)7-6-14-5-4-10-9(8-14)2-3-11(12)13-10;9-8-2-1-6-5-10-4-3-7(6)11-8;1-3-6(2,4)5;1-2-3/h5,8-9,11,15-16,18,20H,3-4,6-7,10,12-14,17H2,1-2H3,(H,29,30,31,32);2-3H,4-8H2,1H3;1-2,10H,3-5H2;3H,1H2,2H3;3H,2H2,1H3. The highest BCUT2D eigenvalue weighted by Gasteiger charge is 2.25. The first-order valence-corrected chi connectivity index (χ1v) is 31.5. The minimum absolute atomic E-state index is 0.182. The Kier molecular flexibility index (Phi) is 21.3. The lowest BCUT2D eigenvalue weighted by molar-refractivity contribution is 0.266. The Morgan fingerprint density at radius 3 is 1.85 bits per heavy atom. The van der Waals surface area contributed by atoms with E-state index in [1.807, 2.05) is 42.9 Å². The Bertz CT molecular complexity index is 3200. The van der Waals surface area contributed by atoms with Crippen molar-refractivity contribution < 1.29 is 30.4 Å². The zero-order valence-electron chi connectivity index (χ0n) is 42.8. The normalized spacial score (nSPS) is 17.8. The van der Waals surface area contributed by atoms with Crippen LogP contribution in [0.2, 0.25) is 10.3 Å². The van der Waals surface area contributed by atoms with Gasteiger partial charge in [-0.25, -0.2) is 45.2 Å². The topological polar surface area (TPSA) is 235 Å². The predicted octanol–water partition coefficient (Wildman–Crippen LogP) is 6.96. The molecule has 3 aliphatic heterocycles. The summed E-state index contributed by atoms with van der Waals surface area (Å²) in [4.78, 5) is 31.7. The molecule has 1 aliphatic carbocycles. The predicted molar refractivity (Wildman–Crippen MR) is 296 cm³/mol. The Balaban J connectivity index is 0.000000197. The van der Waals surface area contributed by atoms with Gasteiger partial charge in [0.15, 0.2) is 9.84 Å². The van der Waals surface area contributed by atoms with Gasteiger partial charge in [-0.2, -0.15) is 4.98 Å². The van der Waals surface area contributed by atoms with Crippen LogP contribution in [0.1, 0.15) is 79.3 Å². The summed E-state index contributed by atoms with van der Waals surface area (Å²) in [7, 11) is -8.75. The van der Waals surface area contributed by atoms with Gasteiger partial charge in [-0.15, -0.1) is 0 Å². The molecule has 1 saturated carbocycles. The first-order valence-electron chi connectivity index (χ1n) is 24.7. The number of hydrogen-bond donors (Lipinski definition) is 3. The lowest BCUT2D eigenvalue weighted by Gasteiger charge is -2.28. The fourth-order valence-electron chi connectivity index (χ4n) is 8.99. The van der Waals surface area contributed by atoms with Gasteiger partial charge in [0.25, 0.3) is 0 Å². The fourth-order valence-corrected chi connectivity index (χ4v) is 10.5. The number of aliphatic hydroxyl groups excluding tert-OH is 1. The van der Waals surface area contributed by atoms with Crippen LogP contribution in [0.15, 0.2) is 73.0 Å². The van der Waals surface area contributed by atoms with E-state index in [4.69, 9.17) is 38.3 Å². The lowest BCUT2D eigenvalue weighted by Crippen LogP contribution is -2.34. The third-order valence-electron chi connectivity index (χ3n) is 12.9. The number of sulfone groups is 3. The summed E-state index contributed by atoms with van der Waals surface area (Å²) in [6.07, 6.45) is 16.7. The molecule has 0 unspecified atom stereocenters. The molecule has 0 spiro atoms. The summed E-state index contributed by atoms with van der Waals surface area (Å²) in [5.41, 5.74) is 8.86. The van der Waals surface area contributed by atoms with E-state index >= 15 is 0 Å². The molecule has 18 nitrogen and oxygen atoms in total. The van der Waals surface area contributed by atoms with E-state index in [2.05, 4.69) is 70.6 Å². The second-order valence-corrected chi connectivity index (χ2v) is 26.4. The van der Waals surface area contributed by atoms with Gasteiger partial charge in [-0.1, -0.05) is 54.9 Å². The third kappa shape index (κ3) is 18.0. The van der Waals surface area contributed by atoms with E-state index in [9.17, 15) is 25.3 Å². The number of aliphatic hydroxyl groups is 1. The molecule has 0 radical (unpaired) electrons. The van der Waals surface area contributed by atoms with Crippen molar-refractivity contribution in [1.29, 1.82) is 0 Å². The highest BCUT2D eigenvalue weighted by molar-refractivity contribution is 7.93. The molecule has 10 rings (SSSR count). The molecule has 74 heavy (non-hydrogen) atoms. The minimum Gasteiger partial charge on any atom is -0.397 e. The molecule has 9 heterocycles. The quantitative estimate of drug-likeness (QED) is 0.118. The van der Waals surface area contributed by atoms with Crippen molar-refractivity contribution in [3.63, 3.8) is 0 Å². The van der Waals surface area contributed by atoms with Gasteiger partial charge in [0.05, 0.1) is 23.2 Å². The van der Waals surface area contributed by atoms with Gasteiger partial charge in [0, 0.05) is 149 Å². The maximum atomic E-state index is 11.5. The van der Waals surface area contributed by atoms with Crippen molar-refractivity contribution >= 4 is 86.4 Å². The molecule has 23 heteroatoms. The number of nitrogens with zero attached hydrogens (tertiary/aromatic N) is 9. The van der Waals surface area contributed by atoms with E-state index in [1.165, 1.54) is 30.9 Å². The lowest BCUT2D eigenvalue weighted by atomic mass is 9.87. The second-order valence-electron chi connectivity index (χ2n) is 19.1. The zero-order chi connectivity index (χ0) is 53.6. The number of rotatable bonds is 10. The van der Waals surface area contributed by atoms with E-state index in [0.717, 1.165) is 145 Å². The van der Waals surface area contributed by atoms with Gasteiger partial charge < -0.3 is 20.3 Å². The van der Waals surface area contributed by atoms with Crippen LogP contribution in [-0.4, -0.2) is 144 Å². The van der Waals surface area contributed by atoms with Gasteiger partial charge in [-0.3, -0.25) is 14.8 Å². The summed E-state index contributed by atoms with van der Waals surface area (Å²) in [6, 6.07) is 14.1. The van der Waals surface area contributed by atoms with Crippen LogP contribution >= 0.6 is 23.2 Å². The molecular weight excluding hydrogens is 1050 g/mol. The van der Waals surface area contributed by atoms with Crippen molar-refractivity contribution in [3.05, 3.63) is 117 Å². The molecule has 0 bridgehead atoms. The number of hydrogen-bond acceptors (Lipinski definition) is 17. The van der Waals surface area contributed by atoms with Gasteiger partial charge in [0.1, 0.15) is 41.4 Å². The van der Waals surface area contributed by atoms with Crippen LogP contribution in [0.3, 0.4) is 0 Å². The van der Waals surface area contributed by atoms with E-state index in [0.29, 0.717) is 35.4 Å². The summed E-state index contributed by atoms with van der Waals surface area (Å²) in [5, 5.41) is 18.4. The van der Waals surface area contributed by atoms with Crippen LogP contribution in [0.25, 0.3) is 21.9 Å². The molecule has 0 saturated heterocycles. The molecule has 0 amide bonds. The number of anilines is 2. The van der Waals surface area contributed by atoms with Gasteiger partial charge in [0.2, 0.25) is 5.95 Å². The van der Waals surface area contributed by atoms with Gasteiger partial charge in [-0.05, 0) is 79.5 Å². The Morgan fingerprint density at radius 2 is 1.28 bits per heavy atom. The van der Waals surface area contributed by atoms with Crippen molar-refractivity contribution in [2.24, 2.45) is 5.92 Å². The van der Waals surface area contributed by atoms with E-state index in [1.54, 1.807) is 13.0 Å². The highest BCUT2D eigenvalue weighted by atomic mass is 35.5. The molecule has 1 fully saturated rings. The third-order valence-corrected chi connectivity index (χ3v) is 15.8. The highest BCUT2D eigenvalue weighted by Crippen LogP contribution is 2.38. The van der Waals surface area contributed by atoms with Crippen molar-refractivity contribution in [2.45, 2.75) is 84.5 Å². The second kappa shape index (κ2) is 26.9. The van der Waals surface area contributed by atoms with Crippen molar-refractivity contribution in [1.82, 2.24) is 49.6 Å². The zero-order valence-corrected chi connectivity index (χ0v) is 46.8. The van der Waals surface area contributed by atoms with E-state index < -0.39 is 29.5 Å². The summed E-state index contributed by atoms with van der Waals surface area (Å²) >= 11 is 11.6. The molecule has 0 aromatic carbocycles. The van der Waals surface area contributed by atoms with Crippen LogP contribution in [0.4, 0.5) is 11.8 Å². The summed E-state index contributed by atoms with van der Waals surface area (Å²) in [6.45, 7) is 13.5. The van der Waals surface area contributed by atoms with E-state index in [-0.39, 0.29) is 18.1 Å². The van der Waals surface area contributed by atoms with Crippen LogP contribution in [0.5, 0.6) is 0 Å². The number of halogens is 2. The van der Waals surface area contributed by atoms with Gasteiger partial charge >= 0.3 is 0 Å². The average Bonchev–Trinajstić information content (AvgIpc) is 3.69. The number of pyridine rings is 4. The minimum atomic E-state index is -2.97. The molecule has 6 aromatic heterocycles. The Hall–Kier alpha value is -4.71. The Labute approximate surface area is 446 Å². The first kappa shape index (κ1) is 58.5. The smallest absolute Gasteiger partial charge is 0.230 e. The van der Waals surface area contributed by atoms with Crippen LogP contribution < -0.4 is 10.6 Å². The number of nitrogens with one attached hydrogen (secondary N) is 2. The largest absolute Gasteiger partial charge is 0.397 e. The van der Waals surface area contributed by atoms with Crippen molar-refractivity contribution in [2.75, 3.05) is 74.9 Å². The monoisotopic (exact) mass is 1110 g/mol. The van der Waals surface area contributed by atoms with Crippen LogP contribution in [0, 0.1) is 5.92 Å². The first-order chi connectivity index (χ1) is 35.1. The molecule has 0 atom stereocenters. The fraction of sp³-hybridized carbons (Fsp3) is 0.490. The molecular formula is C51H69Cl2N11O7S3. The summed E-state index contributed by atoms with van der Waals surface area (Å²) in [5.74, 6) is 2.42. The SMILES string of the molecule is C=CS(C)(=O)=O.CC1CCC(n2c3cnccc3c3cnc(Nc4ccc5c(n4)CCN(CCS(C)(=O)=O)C5)nc32)CC1.CCO.CS(=O)(=O)CCN1CCc2nc(Cl)ccc2C1.Clc1ccc2c(n1)CCNC2. The average molecular weight is 1120 g/mol.